The lowest BCUT2D eigenvalue weighted by Gasteiger charge is -2.30. The molecule has 1 aliphatic carbocycles. The number of hydrogen-bond donors (Lipinski definition) is 1. The molecule has 0 unspecified atom stereocenters. The van der Waals surface area contributed by atoms with Gasteiger partial charge in [0.05, 0.1) is 28.7 Å². The van der Waals surface area contributed by atoms with Gasteiger partial charge < -0.3 is 10.1 Å². The van der Waals surface area contributed by atoms with Crippen molar-refractivity contribution in [2.75, 3.05) is 0 Å². The van der Waals surface area contributed by atoms with Crippen molar-refractivity contribution in [1.29, 1.82) is 0 Å². The van der Waals surface area contributed by atoms with E-state index in [0.29, 0.717) is 17.0 Å². The highest BCUT2D eigenvalue weighted by Crippen LogP contribution is 2.25. The third kappa shape index (κ3) is 4.13. The van der Waals surface area contributed by atoms with Crippen LogP contribution >= 0.6 is 0 Å². The van der Waals surface area contributed by atoms with Crippen LogP contribution in [0.3, 0.4) is 0 Å². The van der Waals surface area contributed by atoms with E-state index in [1.54, 1.807) is 6.20 Å². The number of aryl methyl sites for hydroxylation is 3. The molecule has 6 heteroatoms. The first-order chi connectivity index (χ1) is 12.0. The van der Waals surface area contributed by atoms with Crippen LogP contribution in [0.2, 0.25) is 0 Å². The highest BCUT2D eigenvalue weighted by molar-refractivity contribution is 5.96. The lowest BCUT2D eigenvalue weighted by molar-refractivity contribution is 0.0891. The molecule has 0 saturated heterocycles. The van der Waals surface area contributed by atoms with Crippen molar-refractivity contribution in [2.45, 2.75) is 58.6 Å². The van der Waals surface area contributed by atoms with Gasteiger partial charge in [-0.25, -0.2) is 9.97 Å². The summed E-state index contributed by atoms with van der Waals surface area (Å²) in [6.45, 7) is 5.63. The van der Waals surface area contributed by atoms with Crippen LogP contribution in [0.1, 0.15) is 53.1 Å². The lowest BCUT2D eigenvalue weighted by Crippen LogP contribution is -2.40. The fourth-order valence-corrected chi connectivity index (χ4v) is 3.28. The molecular formula is C19H24N4O2. The molecular weight excluding hydrogens is 316 g/mol. The quantitative estimate of drug-likeness (QED) is 0.926. The first-order valence-corrected chi connectivity index (χ1v) is 8.72. The molecule has 2 aromatic rings. The molecule has 2 heterocycles. The number of carbonyl (C=O) groups excluding carboxylic acids is 1. The van der Waals surface area contributed by atoms with Crippen LogP contribution in [-0.4, -0.2) is 33.0 Å². The molecule has 0 aromatic carbocycles. The molecule has 1 fully saturated rings. The molecule has 6 nitrogen and oxygen atoms in total. The van der Waals surface area contributed by atoms with Gasteiger partial charge in [-0.2, -0.15) is 0 Å². The summed E-state index contributed by atoms with van der Waals surface area (Å²) in [4.78, 5) is 25.0. The number of amides is 1. The molecule has 1 amide bonds. The third-order valence-corrected chi connectivity index (χ3v) is 4.71. The average molecular weight is 340 g/mol. The second-order valence-electron chi connectivity index (χ2n) is 6.57. The highest BCUT2D eigenvalue weighted by atomic mass is 16.5. The van der Waals surface area contributed by atoms with Crippen LogP contribution in [0.5, 0.6) is 5.75 Å². The predicted molar refractivity (Wildman–Crippen MR) is 94.6 cm³/mol. The molecule has 0 spiro atoms. The van der Waals surface area contributed by atoms with Gasteiger partial charge in [0.15, 0.2) is 0 Å². The van der Waals surface area contributed by atoms with Crippen molar-refractivity contribution in [3.8, 4) is 5.75 Å². The van der Waals surface area contributed by atoms with E-state index in [1.807, 2.05) is 32.9 Å². The number of carbonyl (C=O) groups is 1. The molecule has 132 valence electrons. The van der Waals surface area contributed by atoms with Gasteiger partial charge in [-0.1, -0.05) is 0 Å². The zero-order chi connectivity index (χ0) is 17.8. The van der Waals surface area contributed by atoms with Gasteiger partial charge in [0, 0.05) is 12.2 Å². The van der Waals surface area contributed by atoms with Gasteiger partial charge in [-0.3, -0.25) is 9.78 Å². The van der Waals surface area contributed by atoms with E-state index in [1.165, 1.54) is 6.33 Å². The normalized spacial score (nSPS) is 20.1. The van der Waals surface area contributed by atoms with Gasteiger partial charge >= 0.3 is 0 Å². The Kier molecular flexibility index (Phi) is 5.26. The number of nitrogens with one attached hydrogen (secondary N) is 1. The zero-order valence-electron chi connectivity index (χ0n) is 15.0. The number of pyridine rings is 1. The molecule has 1 N–H and O–H groups in total. The Labute approximate surface area is 148 Å². The van der Waals surface area contributed by atoms with E-state index in [2.05, 4.69) is 20.3 Å². The summed E-state index contributed by atoms with van der Waals surface area (Å²) in [7, 11) is 0. The SMILES string of the molecule is Cc1ncccc1OC1CCC(NC(=O)c2c(C)ncnc2C)CC1. The summed E-state index contributed by atoms with van der Waals surface area (Å²) >= 11 is 0. The molecule has 0 bridgehead atoms. The minimum Gasteiger partial charge on any atom is -0.489 e. The summed E-state index contributed by atoms with van der Waals surface area (Å²) in [5.41, 5.74) is 2.93. The minimum absolute atomic E-state index is 0.0805. The van der Waals surface area contributed by atoms with Crippen molar-refractivity contribution in [2.24, 2.45) is 0 Å². The fourth-order valence-electron chi connectivity index (χ4n) is 3.28. The van der Waals surface area contributed by atoms with Gasteiger partial charge in [0.25, 0.3) is 5.91 Å². The number of nitrogens with zero attached hydrogens (tertiary/aromatic N) is 3. The summed E-state index contributed by atoms with van der Waals surface area (Å²) in [5.74, 6) is 0.769. The Bertz CT molecular complexity index is 735. The summed E-state index contributed by atoms with van der Waals surface area (Å²) < 4.78 is 6.07. The minimum atomic E-state index is -0.0805. The van der Waals surface area contributed by atoms with Crippen molar-refractivity contribution in [1.82, 2.24) is 20.3 Å². The van der Waals surface area contributed by atoms with E-state index < -0.39 is 0 Å². The maximum Gasteiger partial charge on any atom is 0.255 e. The van der Waals surface area contributed by atoms with E-state index >= 15 is 0 Å². The Morgan fingerprint density at radius 3 is 2.36 bits per heavy atom. The molecule has 0 radical (unpaired) electrons. The van der Waals surface area contributed by atoms with E-state index in [-0.39, 0.29) is 18.1 Å². The molecule has 1 saturated carbocycles. The Morgan fingerprint density at radius 2 is 1.72 bits per heavy atom. The smallest absolute Gasteiger partial charge is 0.255 e. The van der Waals surface area contributed by atoms with Crippen LogP contribution in [0.4, 0.5) is 0 Å². The maximum absolute atomic E-state index is 12.5. The second kappa shape index (κ2) is 7.59. The molecule has 1 aliphatic rings. The van der Waals surface area contributed by atoms with Gasteiger partial charge in [-0.05, 0) is 58.6 Å². The van der Waals surface area contributed by atoms with Gasteiger partial charge in [-0.15, -0.1) is 0 Å². The Balaban J connectivity index is 1.54. The first-order valence-electron chi connectivity index (χ1n) is 8.72. The van der Waals surface area contributed by atoms with E-state index in [4.69, 9.17) is 4.74 Å². The Morgan fingerprint density at radius 1 is 1.04 bits per heavy atom. The monoisotopic (exact) mass is 340 g/mol. The standard InChI is InChI=1S/C19H24N4O2/c1-12-17(5-4-10-20-12)25-16-8-6-15(7-9-16)23-19(24)18-13(2)21-11-22-14(18)3/h4-5,10-11,15-16H,6-9H2,1-3H3,(H,23,24). The van der Waals surface area contributed by atoms with Crippen molar-refractivity contribution in [3.05, 3.63) is 47.3 Å². The van der Waals surface area contributed by atoms with Gasteiger partial charge in [0.2, 0.25) is 0 Å². The topological polar surface area (TPSA) is 77.0 Å². The van der Waals surface area contributed by atoms with Gasteiger partial charge in [0.1, 0.15) is 12.1 Å². The fraction of sp³-hybridized carbons (Fsp3) is 0.474. The molecule has 0 aliphatic heterocycles. The van der Waals surface area contributed by atoms with Crippen LogP contribution in [0, 0.1) is 20.8 Å². The largest absolute Gasteiger partial charge is 0.489 e. The molecule has 3 rings (SSSR count). The molecule has 2 aromatic heterocycles. The van der Waals surface area contributed by atoms with Crippen molar-refractivity contribution in [3.63, 3.8) is 0 Å². The van der Waals surface area contributed by atoms with Crippen molar-refractivity contribution < 1.29 is 9.53 Å². The average Bonchev–Trinajstić information content (AvgIpc) is 2.58. The Hall–Kier alpha value is -2.50. The van der Waals surface area contributed by atoms with Crippen LogP contribution in [0.15, 0.2) is 24.7 Å². The summed E-state index contributed by atoms with van der Waals surface area (Å²) in [6.07, 6.45) is 7.09. The predicted octanol–water partition coefficient (Wildman–Crippen LogP) is 2.92. The summed E-state index contributed by atoms with van der Waals surface area (Å²) in [5, 5.41) is 3.13. The highest BCUT2D eigenvalue weighted by Gasteiger charge is 2.25. The second-order valence-corrected chi connectivity index (χ2v) is 6.57. The summed E-state index contributed by atoms with van der Waals surface area (Å²) in [6, 6.07) is 4.01. The van der Waals surface area contributed by atoms with Crippen LogP contribution in [0.25, 0.3) is 0 Å². The third-order valence-electron chi connectivity index (χ3n) is 4.71. The lowest BCUT2D eigenvalue weighted by atomic mass is 9.92. The molecule has 25 heavy (non-hydrogen) atoms. The number of hydrogen-bond acceptors (Lipinski definition) is 5. The zero-order valence-corrected chi connectivity index (χ0v) is 15.0. The van der Waals surface area contributed by atoms with E-state index in [9.17, 15) is 4.79 Å². The van der Waals surface area contributed by atoms with Crippen molar-refractivity contribution >= 4 is 5.91 Å². The number of rotatable bonds is 4. The van der Waals surface area contributed by atoms with E-state index in [0.717, 1.165) is 37.1 Å². The first kappa shape index (κ1) is 17.3. The molecule has 0 atom stereocenters. The maximum atomic E-state index is 12.5. The van der Waals surface area contributed by atoms with Crippen LogP contribution < -0.4 is 10.1 Å². The number of aromatic nitrogens is 3. The number of ether oxygens (including phenoxy) is 1. The van der Waals surface area contributed by atoms with Crippen LogP contribution in [-0.2, 0) is 0 Å².